The molecule has 2 heterocycles. The van der Waals surface area contributed by atoms with Crippen LogP contribution in [0.15, 0.2) is 36.7 Å². The number of carbonyl (C=O) groups excluding carboxylic acids is 1. The lowest BCUT2D eigenvalue weighted by Gasteiger charge is -2.26. The number of methoxy groups -OCH3 is 1. The van der Waals surface area contributed by atoms with Gasteiger partial charge in [0.2, 0.25) is 5.95 Å². The van der Waals surface area contributed by atoms with E-state index < -0.39 is 0 Å². The third-order valence-electron chi connectivity index (χ3n) is 3.52. The third-order valence-corrected chi connectivity index (χ3v) is 3.52. The molecule has 0 saturated carbocycles. The number of hydrogen-bond acceptors (Lipinski definition) is 6. The van der Waals surface area contributed by atoms with Crippen molar-refractivity contribution in [2.45, 2.75) is 0 Å². The number of hydrogen-bond donors (Lipinski definition) is 1. The molecule has 1 aromatic carbocycles. The summed E-state index contributed by atoms with van der Waals surface area (Å²) in [6, 6.07) is 7.46. The van der Waals surface area contributed by atoms with E-state index in [0.717, 1.165) is 11.4 Å². The largest absolute Gasteiger partial charge is 0.497 e. The summed E-state index contributed by atoms with van der Waals surface area (Å²) in [6.07, 6.45) is 3.07. The lowest BCUT2D eigenvalue weighted by molar-refractivity contribution is 0.0302. The monoisotopic (exact) mass is 314 g/mol. The first-order chi connectivity index (χ1) is 11.3. The Morgan fingerprint density at radius 3 is 2.70 bits per heavy atom. The van der Waals surface area contributed by atoms with Gasteiger partial charge < -0.3 is 19.7 Å². The van der Waals surface area contributed by atoms with Crippen LogP contribution in [0.5, 0.6) is 5.75 Å². The minimum atomic E-state index is -0.0683. The third kappa shape index (κ3) is 3.75. The van der Waals surface area contributed by atoms with Crippen LogP contribution in [0, 0.1) is 0 Å². The molecule has 0 bridgehead atoms. The number of carbonyl (C=O) groups is 1. The zero-order chi connectivity index (χ0) is 16.1. The number of aromatic nitrogens is 2. The van der Waals surface area contributed by atoms with Gasteiger partial charge in [-0.25, -0.2) is 9.97 Å². The van der Waals surface area contributed by atoms with Crippen molar-refractivity contribution in [3.8, 4) is 5.75 Å². The number of nitrogens with one attached hydrogen (secondary N) is 1. The summed E-state index contributed by atoms with van der Waals surface area (Å²) < 4.78 is 10.4. The molecule has 0 spiro atoms. The maximum absolute atomic E-state index is 12.3. The Kier molecular flexibility index (Phi) is 4.68. The van der Waals surface area contributed by atoms with Crippen LogP contribution in [-0.2, 0) is 4.74 Å². The fourth-order valence-electron chi connectivity index (χ4n) is 2.28. The van der Waals surface area contributed by atoms with Crippen LogP contribution in [0.25, 0.3) is 0 Å². The molecule has 1 aliphatic heterocycles. The van der Waals surface area contributed by atoms with Crippen molar-refractivity contribution in [3.63, 3.8) is 0 Å². The van der Waals surface area contributed by atoms with Crippen LogP contribution in [0.3, 0.4) is 0 Å². The Morgan fingerprint density at radius 1 is 1.26 bits per heavy atom. The maximum atomic E-state index is 12.3. The summed E-state index contributed by atoms with van der Waals surface area (Å²) in [7, 11) is 1.61. The standard InChI is InChI=1S/C16H18N4O3/c1-22-14-4-2-3-13(9-14)19-16-17-10-12(11-18-16)15(21)20-5-7-23-8-6-20/h2-4,9-11H,5-8H2,1H3,(H,17,18,19). The average molecular weight is 314 g/mol. The molecule has 0 radical (unpaired) electrons. The van der Waals surface area contributed by atoms with Crippen molar-refractivity contribution in [1.82, 2.24) is 14.9 Å². The van der Waals surface area contributed by atoms with E-state index in [2.05, 4.69) is 15.3 Å². The number of anilines is 2. The Hall–Kier alpha value is -2.67. The zero-order valence-corrected chi connectivity index (χ0v) is 12.9. The Balaban J connectivity index is 1.67. The van der Waals surface area contributed by atoms with Gasteiger partial charge in [-0.1, -0.05) is 6.07 Å². The predicted molar refractivity (Wildman–Crippen MR) is 85.0 cm³/mol. The molecule has 1 aromatic heterocycles. The lowest BCUT2D eigenvalue weighted by atomic mass is 10.2. The van der Waals surface area contributed by atoms with Gasteiger partial charge in [0.1, 0.15) is 5.75 Å². The first-order valence-electron chi connectivity index (χ1n) is 7.36. The number of nitrogens with zero attached hydrogens (tertiary/aromatic N) is 3. The normalized spacial score (nSPS) is 14.4. The fraction of sp³-hybridized carbons (Fsp3) is 0.312. The highest BCUT2D eigenvalue weighted by Gasteiger charge is 2.19. The number of amides is 1. The number of ether oxygens (including phenoxy) is 2. The summed E-state index contributed by atoms with van der Waals surface area (Å²) in [4.78, 5) is 22.5. The number of rotatable bonds is 4. The zero-order valence-electron chi connectivity index (χ0n) is 12.9. The van der Waals surface area contributed by atoms with Gasteiger partial charge in [0.15, 0.2) is 0 Å². The predicted octanol–water partition coefficient (Wildman–Crippen LogP) is 1.70. The van der Waals surface area contributed by atoms with Crippen molar-refractivity contribution in [1.29, 1.82) is 0 Å². The van der Waals surface area contributed by atoms with E-state index in [0.29, 0.717) is 37.8 Å². The smallest absolute Gasteiger partial charge is 0.257 e. The van der Waals surface area contributed by atoms with Gasteiger partial charge in [-0.15, -0.1) is 0 Å². The minimum absolute atomic E-state index is 0.0683. The molecule has 1 amide bonds. The van der Waals surface area contributed by atoms with Crippen molar-refractivity contribution < 1.29 is 14.3 Å². The average Bonchev–Trinajstić information content (AvgIpc) is 2.63. The molecule has 3 rings (SSSR count). The van der Waals surface area contributed by atoms with Gasteiger partial charge >= 0.3 is 0 Å². The molecular weight excluding hydrogens is 296 g/mol. The van der Waals surface area contributed by atoms with Crippen LogP contribution in [0.4, 0.5) is 11.6 Å². The Morgan fingerprint density at radius 2 is 2.00 bits per heavy atom. The van der Waals surface area contributed by atoms with Gasteiger partial charge in [-0.05, 0) is 12.1 Å². The molecule has 7 nitrogen and oxygen atoms in total. The van der Waals surface area contributed by atoms with E-state index in [1.165, 1.54) is 12.4 Å². The van der Waals surface area contributed by atoms with Gasteiger partial charge in [0.05, 0.1) is 25.9 Å². The second-order valence-electron chi connectivity index (χ2n) is 5.06. The molecule has 1 N–H and O–H groups in total. The van der Waals surface area contributed by atoms with E-state index in [9.17, 15) is 4.79 Å². The van der Waals surface area contributed by atoms with E-state index in [1.807, 2.05) is 24.3 Å². The highest BCUT2D eigenvalue weighted by molar-refractivity contribution is 5.93. The second kappa shape index (κ2) is 7.06. The number of morpholine rings is 1. The van der Waals surface area contributed by atoms with Gasteiger partial charge in [0, 0.05) is 37.2 Å². The maximum Gasteiger partial charge on any atom is 0.257 e. The molecule has 23 heavy (non-hydrogen) atoms. The van der Waals surface area contributed by atoms with Crippen LogP contribution >= 0.6 is 0 Å². The summed E-state index contributed by atoms with van der Waals surface area (Å²) in [5, 5.41) is 3.08. The van der Waals surface area contributed by atoms with Crippen LogP contribution in [0.2, 0.25) is 0 Å². The summed E-state index contributed by atoms with van der Waals surface area (Å²) in [5.41, 5.74) is 1.29. The van der Waals surface area contributed by atoms with E-state index in [-0.39, 0.29) is 5.91 Å². The van der Waals surface area contributed by atoms with Crippen LogP contribution in [-0.4, -0.2) is 54.2 Å². The molecule has 120 valence electrons. The lowest BCUT2D eigenvalue weighted by Crippen LogP contribution is -2.40. The van der Waals surface area contributed by atoms with Gasteiger partial charge in [-0.2, -0.15) is 0 Å². The summed E-state index contributed by atoms with van der Waals surface area (Å²) in [6.45, 7) is 2.34. The first-order valence-corrected chi connectivity index (χ1v) is 7.36. The van der Waals surface area contributed by atoms with E-state index >= 15 is 0 Å². The van der Waals surface area contributed by atoms with Gasteiger partial charge in [-0.3, -0.25) is 4.79 Å². The van der Waals surface area contributed by atoms with Crippen molar-refractivity contribution in [3.05, 3.63) is 42.2 Å². The van der Waals surface area contributed by atoms with Crippen molar-refractivity contribution in [2.24, 2.45) is 0 Å². The fourth-order valence-corrected chi connectivity index (χ4v) is 2.28. The highest BCUT2D eigenvalue weighted by atomic mass is 16.5. The molecule has 1 aliphatic rings. The quantitative estimate of drug-likeness (QED) is 0.925. The molecular formula is C16H18N4O3. The van der Waals surface area contributed by atoms with Crippen LogP contribution < -0.4 is 10.1 Å². The summed E-state index contributed by atoms with van der Waals surface area (Å²) >= 11 is 0. The van der Waals surface area contributed by atoms with Gasteiger partial charge in [0.25, 0.3) is 5.91 Å². The number of benzene rings is 1. The molecule has 7 heteroatoms. The first kappa shape index (κ1) is 15.2. The molecule has 1 saturated heterocycles. The highest BCUT2D eigenvalue weighted by Crippen LogP contribution is 2.19. The molecule has 2 aromatic rings. The SMILES string of the molecule is COc1cccc(Nc2ncc(C(=O)N3CCOCC3)cn2)c1. The summed E-state index contributed by atoms with van der Waals surface area (Å²) in [5.74, 6) is 1.10. The van der Waals surface area contributed by atoms with Crippen LogP contribution in [0.1, 0.15) is 10.4 Å². The van der Waals surface area contributed by atoms with E-state index in [4.69, 9.17) is 9.47 Å². The molecule has 1 fully saturated rings. The van der Waals surface area contributed by atoms with Crippen molar-refractivity contribution >= 4 is 17.5 Å². The molecule has 0 atom stereocenters. The van der Waals surface area contributed by atoms with E-state index in [1.54, 1.807) is 12.0 Å². The topological polar surface area (TPSA) is 76.6 Å². The molecule has 0 aliphatic carbocycles. The minimum Gasteiger partial charge on any atom is -0.497 e. The second-order valence-corrected chi connectivity index (χ2v) is 5.06. The molecule has 0 unspecified atom stereocenters. The van der Waals surface area contributed by atoms with Crippen molar-refractivity contribution in [2.75, 3.05) is 38.7 Å². The Bertz CT molecular complexity index is 669. The Labute approximate surface area is 134 Å².